The zero-order valence-electron chi connectivity index (χ0n) is 24.4. The second-order valence-electron chi connectivity index (χ2n) is 10.6. The second-order valence-corrected chi connectivity index (χ2v) is 14.0. The molecule has 230 valence electrons. The highest BCUT2D eigenvalue weighted by molar-refractivity contribution is 14.1. The summed E-state index contributed by atoms with van der Waals surface area (Å²) in [6.07, 6.45) is 2.95. The Morgan fingerprint density at radius 2 is 1.86 bits per heavy atom. The van der Waals surface area contributed by atoms with Crippen molar-refractivity contribution in [1.82, 2.24) is 15.1 Å². The highest BCUT2D eigenvalue weighted by Crippen LogP contribution is 2.39. The highest BCUT2D eigenvalue weighted by atomic mass is 127. The number of rotatable bonds is 12. The van der Waals surface area contributed by atoms with Crippen molar-refractivity contribution in [2.45, 2.75) is 17.6 Å². The van der Waals surface area contributed by atoms with Gasteiger partial charge in [-0.2, -0.15) is 10.2 Å². The molecule has 12 heteroatoms. The third-order valence-corrected chi connectivity index (χ3v) is 9.16. The van der Waals surface area contributed by atoms with Gasteiger partial charge in [0.05, 0.1) is 34.7 Å². The van der Waals surface area contributed by atoms with Crippen molar-refractivity contribution in [1.29, 1.82) is 0 Å². The predicted octanol–water partition coefficient (Wildman–Crippen LogP) is 7.44. The Kier molecular flexibility index (Phi) is 10.1. The van der Waals surface area contributed by atoms with E-state index < -0.39 is 9.84 Å². The SMILES string of the molecule is CN(CCS(C)(=O)=O)Cc1ccc(-c2ccc3nncc(N(C)c4cc(Cl)c(OCc5cccc(F)c5)cc4CI)c3c2)o1. The lowest BCUT2D eigenvalue weighted by molar-refractivity contribution is 0.305. The average Bonchev–Trinajstić information content (AvgIpc) is 3.46. The molecular weight excluding hydrogens is 718 g/mol. The summed E-state index contributed by atoms with van der Waals surface area (Å²) in [5.41, 5.74) is 5.04. The normalized spacial score (nSPS) is 11.8. The molecule has 3 aromatic carbocycles. The maximum atomic E-state index is 13.6. The fourth-order valence-corrected chi connectivity index (χ4v) is 6.25. The summed E-state index contributed by atoms with van der Waals surface area (Å²) in [6.45, 7) is 1.10. The first-order valence-electron chi connectivity index (χ1n) is 13.7. The van der Waals surface area contributed by atoms with Crippen LogP contribution in [0.1, 0.15) is 16.9 Å². The zero-order valence-corrected chi connectivity index (χ0v) is 28.2. The first-order valence-corrected chi connectivity index (χ1v) is 17.7. The minimum absolute atomic E-state index is 0.0915. The van der Waals surface area contributed by atoms with Crippen molar-refractivity contribution in [3.8, 4) is 17.1 Å². The molecular formula is C32H31ClFIN4O4S. The summed E-state index contributed by atoms with van der Waals surface area (Å²) in [7, 11) is 0.780. The Labute approximate surface area is 274 Å². The quantitative estimate of drug-likeness (QED) is 0.0962. The molecule has 0 atom stereocenters. The Hall–Kier alpha value is -3.26. The number of ether oxygens (including phenoxy) is 1. The van der Waals surface area contributed by atoms with Crippen LogP contribution in [0.15, 0.2) is 77.3 Å². The van der Waals surface area contributed by atoms with Crippen LogP contribution in [-0.4, -0.2) is 56.2 Å². The molecule has 44 heavy (non-hydrogen) atoms. The number of benzene rings is 3. The minimum atomic E-state index is -3.04. The zero-order chi connectivity index (χ0) is 31.4. The fourth-order valence-electron chi connectivity index (χ4n) is 4.78. The van der Waals surface area contributed by atoms with E-state index in [4.69, 9.17) is 20.8 Å². The van der Waals surface area contributed by atoms with Crippen molar-refractivity contribution >= 4 is 66.3 Å². The minimum Gasteiger partial charge on any atom is -0.487 e. The van der Waals surface area contributed by atoms with E-state index in [9.17, 15) is 12.8 Å². The van der Waals surface area contributed by atoms with Gasteiger partial charge in [-0.25, -0.2) is 12.8 Å². The summed E-state index contributed by atoms with van der Waals surface area (Å²) in [4.78, 5) is 3.95. The number of fused-ring (bicyclic) bond motifs is 1. The number of alkyl halides is 1. The Morgan fingerprint density at radius 1 is 1.05 bits per heavy atom. The van der Waals surface area contributed by atoms with Crippen LogP contribution in [0.2, 0.25) is 5.02 Å². The molecule has 0 aliphatic carbocycles. The van der Waals surface area contributed by atoms with E-state index in [2.05, 4.69) is 32.8 Å². The lowest BCUT2D eigenvalue weighted by Crippen LogP contribution is -2.24. The van der Waals surface area contributed by atoms with Crippen LogP contribution in [0.3, 0.4) is 0 Å². The highest BCUT2D eigenvalue weighted by Gasteiger charge is 2.18. The molecule has 0 spiro atoms. The molecule has 5 rings (SSSR count). The standard InChI is InChI=1S/C32H31ClFIN4O4S/c1-38(11-12-44(3,40)41)19-25-8-10-31(43-25)22-7-9-28-26(14-22)30(18-36-37-28)39(2)29-16-27(33)32(15-23(29)17-35)42-20-21-5-4-6-24(34)13-21/h4-10,13-16,18H,11-12,17,19-20H2,1-3H3. The molecule has 0 N–H and O–H groups in total. The number of sulfone groups is 1. The summed E-state index contributed by atoms with van der Waals surface area (Å²) < 4.78 is 49.4. The van der Waals surface area contributed by atoms with E-state index in [-0.39, 0.29) is 18.2 Å². The van der Waals surface area contributed by atoms with E-state index >= 15 is 0 Å². The maximum Gasteiger partial charge on any atom is 0.148 e. The Balaban J connectivity index is 1.40. The van der Waals surface area contributed by atoms with E-state index in [0.717, 1.165) is 39.2 Å². The number of aromatic nitrogens is 2. The molecule has 0 saturated carbocycles. The smallest absolute Gasteiger partial charge is 0.148 e. The molecule has 0 amide bonds. The van der Waals surface area contributed by atoms with Gasteiger partial charge in [0, 0.05) is 40.9 Å². The molecule has 8 nitrogen and oxygen atoms in total. The molecule has 2 aromatic heterocycles. The van der Waals surface area contributed by atoms with Crippen LogP contribution in [0.25, 0.3) is 22.2 Å². The maximum absolute atomic E-state index is 13.6. The molecule has 0 saturated heterocycles. The van der Waals surface area contributed by atoms with E-state index in [1.165, 1.54) is 18.4 Å². The summed E-state index contributed by atoms with van der Waals surface area (Å²) in [5, 5.41) is 9.90. The first kappa shape index (κ1) is 32.1. The van der Waals surface area contributed by atoms with Crippen molar-refractivity contribution in [3.05, 3.63) is 101 Å². The van der Waals surface area contributed by atoms with Gasteiger partial charge in [0.15, 0.2) is 0 Å². The van der Waals surface area contributed by atoms with Crippen LogP contribution in [0.5, 0.6) is 5.75 Å². The predicted molar refractivity (Wildman–Crippen MR) is 181 cm³/mol. The van der Waals surface area contributed by atoms with Gasteiger partial charge in [-0.1, -0.05) is 46.3 Å². The van der Waals surface area contributed by atoms with Gasteiger partial charge in [0.1, 0.15) is 39.5 Å². The molecule has 0 unspecified atom stereocenters. The van der Waals surface area contributed by atoms with Gasteiger partial charge in [-0.15, -0.1) is 0 Å². The molecule has 0 radical (unpaired) electrons. The molecule has 5 aromatic rings. The summed E-state index contributed by atoms with van der Waals surface area (Å²) in [5.74, 6) is 1.73. The number of hydrogen-bond donors (Lipinski definition) is 0. The summed E-state index contributed by atoms with van der Waals surface area (Å²) >= 11 is 9.00. The lowest BCUT2D eigenvalue weighted by atomic mass is 10.1. The van der Waals surface area contributed by atoms with Crippen molar-refractivity contribution < 1.29 is 22.0 Å². The second kappa shape index (κ2) is 13.8. The van der Waals surface area contributed by atoms with Crippen LogP contribution in [0.4, 0.5) is 15.8 Å². The molecule has 0 aliphatic rings. The number of halogens is 3. The van der Waals surface area contributed by atoms with Crippen molar-refractivity contribution in [3.63, 3.8) is 0 Å². The third-order valence-electron chi connectivity index (χ3n) is 7.12. The number of furan rings is 1. The van der Waals surface area contributed by atoms with E-state index in [0.29, 0.717) is 39.6 Å². The number of anilines is 2. The van der Waals surface area contributed by atoms with E-state index in [1.54, 1.807) is 18.3 Å². The molecule has 2 heterocycles. The van der Waals surface area contributed by atoms with Crippen LogP contribution in [-0.2, 0) is 27.4 Å². The van der Waals surface area contributed by atoms with E-state index in [1.807, 2.05) is 66.4 Å². The lowest BCUT2D eigenvalue weighted by Gasteiger charge is -2.24. The van der Waals surface area contributed by atoms with Crippen LogP contribution in [0, 0.1) is 5.82 Å². The van der Waals surface area contributed by atoms with Crippen LogP contribution < -0.4 is 9.64 Å². The van der Waals surface area contributed by atoms with Gasteiger partial charge in [-0.05, 0) is 72.8 Å². The van der Waals surface area contributed by atoms with Gasteiger partial charge in [0.2, 0.25) is 0 Å². The average molecular weight is 749 g/mol. The van der Waals surface area contributed by atoms with Gasteiger partial charge < -0.3 is 14.1 Å². The number of hydrogen-bond acceptors (Lipinski definition) is 8. The molecule has 0 bridgehead atoms. The molecule has 0 fully saturated rings. The number of nitrogens with zero attached hydrogens (tertiary/aromatic N) is 4. The third kappa shape index (κ3) is 7.87. The van der Waals surface area contributed by atoms with Gasteiger partial charge in [0.25, 0.3) is 0 Å². The Morgan fingerprint density at radius 3 is 2.61 bits per heavy atom. The first-order chi connectivity index (χ1) is 21.0. The van der Waals surface area contributed by atoms with Gasteiger partial charge in [-0.3, -0.25) is 4.90 Å². The Bertz CT molecular complexity index is 1900. The largest absolute Gasteiger partial charge is 0.487 e. The fraction of sp³-hybridized carbons (Fsp3) is 0.250. The monoisotopic (exact) mass is 748 g/mol. The van der Waals surface area contributed by atoms with Crippen molar-refractivity contribution in [2.75, 3.05) is 37.5 Å². The summed E-state index contributed by atoms with van der Waals surface area (Å²) in [6, 6.07) is 19.8. The topological polar surface area (TPSA) is 88.8 Å². The van der Waals surface area contributed by atoms with Crippen molar-refractivity contribution in [2.24, 2.45) is 0 Å². The molecule has 0 aliphatic heterocycles. The van der Waals surface area contributed by atoms with Gasteiger partial charge >= 0.3 is 0 Å². The van der Waals surface area contributed by atoms with Crippen LogP contribution >= 0.6 is 34.2 Å².